The predicted molar refractivity (Wildman–Crippen MR) is 96.2 cm³/mol. The first kappa shape index (κ1) is 17.4. The first-order valence-corrected chi connectivity index (χ1v) is 9.81. The molecule has 0 atom stereocenters. The van der Waals surface area contributed by atoms with E-state index in [4.69, 9.17) is 0 Å². The summed E-state index contributed by atoms with van der Waals surface area (Å²) in [7, 11) is -3.78. The lowest BCUT2D eigenvalue weighted by Gasteiger charge is -2.22. The SMILES string of the molecule is O=[N+]([O-])c1cccc(NS(=O)(=O)c2ccc(C3CCCCC3)cc2)c1. The van der Waals surface area contributed by atoms with Crippen molar-refractivity contribution in [1.82, 2.24) is 0 Å². The maximum atomic E-state index is 12.5. The van der Waals surface area contributed by atoms with Crippen molar-refractivity contribution >= 4 is 21.4 Å². The summed E-state index contributed by atoms with van der Waals surface area (Å²) in [4.78, 5) is 10.4. The van der Waals surface area contributed by atoms with Crippen LogP contribution in [0.1, 0.15) is 43.6 Å². The maximum absolute atomic E-state index is 12.5. The van der Waals surface area contributed by atoms with E-state index in [1.165, 1.54) is 49.1 Å². The molecule has 7 heteroatoms. The summed E-state index contributed by atoms with van der Waals surface area (Å²) in [5, 5.41) is 10.8. The third-order valence-corrected chi connectivity index (χ3v) is 5.97. The molecule has 1 aliphatic rings. The summed E-state index contributed by atoms with van der Waals surface area (Å²) in [6.45, 7) is 0. The molecule has 0 saturated heterocycles. The number of anilines is 1. The topological polar surface area (TPSA) is 89.3 Å². The number of nitro benzene ring substituents is 1. The van der Waals surface area contributed by atoms with Gasteiger partial charge < -0.3 is 0 Å². The fourth-order valence-corrected chi connectivity index (χ4v) is 4.30. The van der Waals surface area contributed by atoms with E-state index in [1.54, 1.807) is 12.1 Å². The predicted octanol–water partition coefficient (Wildman–Crippen LogP) is 4.44. The first-order chi connectivity index (χ1) is 12.0. The minimum atomic E-state index is -3.78. The number of non-ortho nitro benzene ring substituents is 1. The summed E-state index contributed by atoms with van der Waals surface area (Å²) < 4.78 is 27.4. The van der Waals surface area contributed by atoms with Gasteiger partial charge in [-0.2, -0.15) is 0 Å². The fraction of sp³-hybridized carbons (Fsp3) is 0.333. The fourth-order valence-electron chi connectivity index (χ4n) is 3.25. The van der Waals surface area contributed by atoms with Gasteiger partial charge in [0, 0.05) is 12.1 Å². The second-order valence-electron chi connectivity index (χ2n) is 6.32. The molecule has 0 unspecified atom stereocenters. The number of sulfonamides is 1. The Bertz CT molecular complexity index is 857. The van der Waals surface area contributed by atoms with Gasteiger partial charge in [-0.15, -0.1) is 0 Å². The second-order valence-corrected chi connectivity index (χ2v) is 8.00. The molecule has 2 aromatic carbocycles. The lowest BCUT2D eigenvalue weighted by Crippen LogP contribution is -2.13. The minimum Gasteiger partial charge on any atom is -0.279 e. The summed E-state index contributed by atoms with van der Waals surface area (Å²) in [5.74, 6) is 0.509. The molecular formula is C18H20N2O4S. The molecule has 0 aliphatic heterocycles. The second kappa shape index (κ2) is 7.23. The van der Waals surface area contributed by atoms with Crippen molar-refractivity contribution in [3.63, 3.8) is 0 Å². The van der Waals surface area contributed by atoms with Gasteiger partial charge in [-0.25, -0.2) is 8.42 Å². The lowest BCUT2D eigenvalue weighted by molar-refractivity contribution is -0.384. The monoisotopic (exact) mass is 360 g/mol. The Balaban J connectivity index is 1.77. The number of nitrogens with one attached hydrogen (secondary N) is 1. The van der Waals surface area contributed by atoms with Gasteiger partial charge >= 0.3 is 0 Å². The number of nitrogens with zero attached hydrogens (tertiary/aromatic N) is 1. The van der Waals surface area contributed by atoms with E-state index < -0.39 is 14.9 Å². The van der Waals surface area contributed by atoms with Crippen molar-refractivity contribution in [2.75, 3.05) is 4.72 Å². The average Bonchev–Trinajstić information content (AvgIpc) is 2.62. The van der Waals surface area contributed by atoms with Gasteiger partial charge in [0.25, 0.3) is 15.7 Å². The van der Waals surface area contributed by atoms with Crippen LogP contribution in [0.3, 0.4) is 0 Å². The van der Waals surface area contributed by atoms with Crippen LogP contribution in [0.4, 0.5) is 11.4 Å². The Morgan fingerprint density at radius 1 is 1.00 bits per heavy atom. The highest BCUT2D eigenvalue weighted by Crippen LogP contribution is 2.33. The molecule has 0 aromatic heterocycles. The average molecular weight is 360 g/mol. The molecule has 1 saturated carbocycles. The Kier molecular flexibility index (Phi) is 5.03. The van der Waals surface area contributed by atoms with Crippen LogP contribution in [0.2, 0.25) is 0 Å². The molecule has 1 N–H and O–H groups in total. The largest absolute Gasteiger partial charge is 0.279 e. The van der Waals surface area contributed by atoms with Crippen molar-refractivity contribution in [2.24, 2.45) is 0 Å². The molecular weight excluding hydrogens is 340 g/mol. The Morgan fingerprint density at radius 2 is 1.68 bits per heavy atom. The van der Waals surface area contributed by atoms with Crippen LogP contribution in [-0.4, -0.2) is 13.3 Å². The third-order valence-electron chi connectivity index (χ3n) is 4.58. The van der Waals surface area contributed by atoms with Crippen LogP contribution in [0.25, 0.3) is 0 Å². The Morgan fingerprint density at radius 3 is 2.32 bits per heavy atom. The third kappa shape index (κ3) is 4.17. The van der Waals surface area contributed by atoms with E-state index in [9.17, 15) is 18.5 Å². The van der Waals surface area contributed by atoms with Crippen LogP contribution < -0.4 is 4.72 Å². The molecule has 2 aromatic rings. The van der Waals surface area contributed by atoms with Gasteiger partial charge in [-0.3, -0.25) is 14.8 Å². The Hall–Kier alpha value is -2.41. The van der Waals surface area contributed by atoms with Crippen molar-refractivity contribution < 1.29 is 13.3 Å². The maximum Gasteiger partial charge on any atom is 0.271 e. The zero-order valence-electron chi connectivity index (χ0n) is 13.7. The van der Waals surface area contributed by atoms with E-state index in [0.717, 1.165) is 12.8 Å². The van der Waals surface area contributed by atoms with Crippen LogP contribution in [0.15, 0.2) is 53.4 Å². The zero-order chi connectivity index (χ0) is 17.9. The zero-order valence-corrected chi connectivity index (χ0v) is 14.5. The van der Waals surface area contributed by atoms with Gasteiger partial charge in [-0.05, 0) is 42.5 Å². The van der Waals surface area contributed by atoms with Gasteiger partial charge in [-0.1, -0.05) is 37.5 Å². The van der Waals surface area contributed by atoms with Crippen LogP contribution in [-0.2, 0) is 10.0 Å². The molecule has 0 bridgehead atoms. The molecule has 0 radical (unpaired) electrons. The highest BCUT2D eigenvalue weighted by atomic mass is 32.2. The minimum absolute atomic E-state index is 0.151. The van der Waals surface area contributed by atoms with E-state index >= 15 is 0 Å². The highest BCUT2D eigenvalue weighted by Gasteiger charge is 2.19. The summed E-state index contributed by atoms with van der Waals surface area (Å²) in [6.07, 6.45) is 6.02. The van der Waals surface area contributed by atoms with Crippen molar-refractivity contribution in [3.8, 4) is 0 Å². The van der Waals surface area contributed by atoms with Crippen molar-refractivity contribution in [2.45, 2.75) is 42.9 Å². The normalized spacial score (nSPS) is 15.7. The summed E-state index contributed by atoms with van der Waals surface area (Å²) in [5.41, 5.74) is 1.19. The summed E-state index contributed by atoms with van der Waals surface area (Å²) >= 11 is 0. The number of nitro groups is 1. The quantitative estimate of drug-likeness (QED) is 0.630. The molecule has 0 spiro atoms. The van der Waals surface area contributed by atoms with E-state index in [1.807, 2.05) is 12.1 Å². The molecule has 25 heavy (non-hydrogen) atoms. The molecule has 1 aliphatic carbocycles. The number of rotatable bonds is 5. The van der Waals surface area contributed by atoms with E-state index in [-0.39, 0.29) is 16.3 Å². The first-order valence-electron chi connectivity index (χ1n) is 8.33. The van der Waals surface area contributed by atoms with Crippen molar-refractivity contribution in [3.05, 3.63) is 64.2 Å². The molecule has 6 nitrogen and oxygen atoms in total. The molecule has 1 fully saturated rings. The molecule has 132 valence electrons. The van der Waals surface area contributed by atoms with Gasteiger partial charge in [0.2, 0.25) is 0 Å². The molecule has 0 amide bonds. The van der Waals surface area contributed by atoms with Crippen LogP contribution in [0, 0.1) is 10.1 Å². The van der Waals surface area contributed by atoms with E-state index in [2.05, 4.69) is 4.72 Å². The van der Waals surface area contributed by atoms with Gasteiger partial charge in [0.05, 0.1) is 15.5 Å². The van der Waals surface area contributed by atoms with Gasteiger partial charge in [0.1, 0.15) is 0 Å². The number of benzene rings is 2. The van der Waals surface area contributed by atoms with E-state index in [0.29, 0.717) is 5.92 Å². The van der Waals surface area contributed by atoms with Crippen LogP contribution in [0.5, 0.6) is 0 Å². The number of hydrogen-bond donors (Lipinski definition) is 1. The summed E-state index contributed by atoms with van der Waals surface area (Å²) in [6, 6.07) is 12.4. The molecule has 0 heterocycles. The lowest BCUT2D eigenvalue weighted by atomic mass is 9.84. The number of hydrogen-bond acceptors (Lipinski definition) is 4. The van der Waals surface area contributed by atoms with Crippen molar-refractivity contribution in [1.29, 1.82) is 0 Å². The standard InChI is InChI=1S/C18H20N2O4S/c21-20(22)17-8-4-7-16(13-17)19-25(23,24)18-11-9-15(10-12-18)14-5-2-1-3-6-14/h4,7-14,19H,1-3,5-6H2. The Labute approximate surface area is 147 Å². The van der Waals surface area contributed by atoms with Gasteiger partial charge in [0.15, 0.2) is 0 Å². The smallest absolute Gasteiger partial charge is 0.271 e. The van der Waals surface area contributed by atoms with Crippen LogP contribution >= 0.6 is 0 Å². The molecule has 3 rings (SSSR count). The highest BCUT2D eigenvalue weighted by molar-refractivity contribution is 7.92.